The van der Waals surface area contributed by atoms with Crippen LogP contribution in [0.25, 0.3) is 0 Å². The molecule has 5 nitrogen and oxygen atoms in total. The molecule has 1 aromatic rings. The highest BCUT2D eigenvalue weighted by Crippen LogP contribution is 2.38. The van der Waals surface area contributed by atoms with Gasteiger partial charge in [0.1, 0.15) is 0 Å². The predicted octanol–water partition coefficient (Wildman–Crippen LogP) is 1.40. The smallest absolute Gasteiger partial charge is 0.307 e. The second kappa shape index (κ2) is 5.75. The summed E-state index contributed by atoms with van der Waals surface area (Å²) in [6.07, 6.45) is 0.121. The fraction of sp³-hybridized carbons (Fsp3) is 0.364. The molecular weight excluding hydrogens is 246 g/mol. The van der Waals surface area contributed by atoms with E-state index in [1.165, 1.54) is 7.11 Å². The van der Waals surface area contributed by atoms with Gasteiger partial charge in [0.2, 0.25) is 6.79 Å². The molecule has 0 bridgehead atoms. The Morgan fingerprint density at radius 3 is 3.00 bits per heavy atom. The van der Waals surface area contributed by atoms with Gasteiger partial charge in [0, 0.05) is 11.6 Å². The van der Waals surface area contributed by atoms with Crippen molar-refractivity contribution in [3.63, 3.8) is 0 Å². The van der Waals surface area contributed by atoms with E-state index in [2.05, 4.69) is 4.74 Å². The van der Waals surface area contributed by atoms with E-state index >= 15 is 0 Å². The van der Waals surface area contributed by atoms with Crippen LogP contribution in [0.3, 0.4) is 0 Å². The van der Waals surface area contributed by atoms with Gasteiger partial charge in [-0.3, -0.25) is 4.79 Å². The van der Waals surface area contributed by atoms with Crippen LogP contribution in [-0.4, -0.2) is 19.9 Å². The van der Waals surface area contributed by atoms with Crippen LogP contribution in [0.2, 0.25) is 0 Å². The van der Waals surface area contributed by atoms with Crippen molar-refractivity contribution in [3.8, 4) is 11.5 Å². The lowest BCUT2D eigenvalue weighted by Gasteiger charge is -2.12. The van der Waals surface area contributed by atoms with Crippen LogP contribution in [0.1, 0.15) is 18.0 Å². The Hall–Kier alpha value is -1.46. The van der Waals surface area contributed by atoms with Gasteiger partial charge in [0.15, 0.2) is 11.5 Å². The summed E-state index contributed by atoms with van der Waals surface area (Å²) in [6, 6.07) is 5.00. The van der Waals surface area contributed by atoms with Crippen LogP contribution < -0.4 is 15.2 Å². The number of ether oxygens (including phenoxy) is 3. The molecule has 17 heavy (non-hydrogen) atoms. The number of esters is 1. The first kappa shape index (κ1) is 13.6. The summed E-state index contributed by atoms with van der Waals surface area (Å²) in [6.45, 7) is 0.192. The zero-order valence-corrected chi connectivity index (χ0v) is 10.2. The third kappa shape index (κ3) is 2.81. The number of rotatable bonds is 3. The van der Waals surface area contributed by atoms with Crippen molar-refractivity contribution in [1.29, 1.82) is 0 Å². The Bertz CT molecular complexity index is 410. The number of carbonyl (C=O) groups is 1. The largest absolute Gasteiger partial charge is 0.469 e. The van der Waals surface area contributed by atoms with Gasteiger partial charge in [0.25, 0.3) is 0 Å². The van der Waals surface area contributed by atoms with Crippen LogP contribution in [0.15, 0.2) is 18.2 Å². The van der Waals surface area contributed by atoms with Gasteiger partial charge in [-0.1, -0.05) is 12.1 Å². The number of methoxy groups -OCH3 is 1. The number of fused-ring (bicyclic) bond motifs is 1. The number of benzene rings is 1. The van der Waals surface area contributed by atoms with Gasteiger partial charge in [-0.2, -0.15) is 0 Å². The molecule has 0 aliphatic carbocycles. The molecule has 0 aromatic heterocycles. The number of nitrogens with two attached hydrogens (primary N) is 1. The maximum absolute atomic E-state index is 11.1. The van der Waals surface area contributed by atoms with Crippen LogP contribution in [-0.2, 0) is 9.53 Å². The normalized spacial score (nSPS) is 13.8. The van der Waals surface area contributed by atoms with Crippen molar-refractivity contribution in [2.24, 2.45) is 5.73 Å². The molecule has 0 amide bonds. The standard InChI is InChI=1S/C11H13NO4.ClH/c1-14-10(13)5-8(12)7-3-2-4-9-11(7)16-6-15-9;/h2-4,8H,5-6,12H2,1H3;1H/t8-;/m0./s1. The van der Waals surface area contributed by atoms with Crippen molar-refractivity contribution in [1.82, 2.24) is 0 Å². The third-order valence-corrected chi connectivity index (χ3v) is 2.44. The lowest BCUT2D eigenvalue weighted by Crippen LogP contribution is -2.16. The number of hydrogen-bond acceptors (Lipinski definition) is 5. The van der Waals surface area contributed by atoms with Gasteiger partial charge in [-0.05, 0) is 6.07 Å². The average Bonchev–Trinajstić information content (AvgIpc) is 2.76. The molecule has 1 aliphatic rings. The number of halogens is 1. The minimum atomic E-state index is -0.441. The molecule has 1 heterocycles. The van der Waals surface area contributed by atoms with Gasteiger partial charge >= 0.3 is 5.97 Å². The van der Waals surface area contributed by atoms with Crippen LogP contribution in [0.4, 0.5) is 0 Å². The average molecular weight is 260 g/mol. The Labute approximate surface area is 105 Å². The molecule has 6 heteroatoms. The van der Waals surface area contributed by atoms with E-state index in [1.54, 1.807) is 6.07 Å². The number of carbonyl (C=O) groups excluding carboxylic acids is 1. The summed E-state index contributed by atoms with van der Waals surface area (Å²) < 4.78 is 15.1. The number of para-hydroxylation sites is 1. The van der Waals surface area contributed by atoms with Crippen molar-refractivity contribution in [3.05, 3.63) is 23.8 Å². The molecule has 0 saturated carbocycles. The minimum absolute atomic E-state index is 0. The summed E-state index contributed by atoms with van der Waals surface area (Å²) in [7, 11) is 1.34. The summed E-state index contributed by atoms with van der Waals surface area (Å²) in [5, 5.41) is 0. The van der Waals surface area contributed by atoms with E-state index in [0.717, 1.165) is 5.56 Å². The maximum atomic E-state index is 11.1. The zero-order chi connectivity index (χ0) is 11.5. The summed E-state index contributed by atoms with van der Waals surface area (Å²) in [4.78, 5) is 11.1. The lowest BCUT2D eigenvalue weighted by atomic mass is 10.0. The van der Waals surface area contributed by atoms with Gasteiger partial charge in [-0.15, -0.1) is 12.4 Å². The molecule has 0 saturated heterocycles. The molecule has 0 unspecified atom stereocenters. The molecular formula is C11H14ClNO4. The Kier molecular flexibility index (Phi) is 4.60. The van der Waals surface area contributed by atoms with E-state index < -0.39 is 6.04 Å². The third-order valence-electron chi connectivity index (χ3n) is 2.44. The monoisotopic (exact) mass is 259 g/mol. The van der Waals surface area contributed by atoms with E-state index in [0.29, 0.717) is 11.5 Å². The zero-order valence-electron chi connectivity index (χ0n) is 9.34. The van der Waals surface area contributed by atoms with Gasteiger partial charge in [0.05, 0.1) is 13.5 Å². The highest BCUT2D eigenvalue weighted by molar-refractivity contribution is 5.85. The topological polar surface area (TPSA) is 70.8 Å². The molecule has 1 atom stereocenters. The van der Waals surface area contributed by atoms with Crippen molar-refractivity contribution >= 4 is 18.4 Å². The van der Waals surface area contributed by atoms with Crippen molar-refractivity contribution in [2.45, 2.75) is 12.5 Å². The molecule has 2 N–H and O–H groups in total. The summed E-state index contributed by atoms with van der Waals surface area (Å²) >= 11 is 0. The molecule has 0 spiro atoms. The van der Waals surface area contributed by atoms with Crippen LogP contribution in [0.5, 0.6) is 11.5 Å². The Morgan fingerprint density at radius 2 is 2.29 bits per heavy atom. The number of hydrogen-bond donors (Lipinski definition) is 1. The fourth-order valence-corrected chi connectivity index (χ4v) is 1.62. The van der Waals surface area contributed by atoms with Crippen LogP contribution in [0, 0.1) is 0 Å². The first-order chi connectivity index (χ1) is 7.72. The van der Waals surface area contributed by atoms with E-state index in [-0.39, 0.29) is 31.6 Å². The highest BCUT2D eigenvalue weighted by atomic mass is 35.5. The van der Waals surface area contributed by atoms with Gasteiger partial charge < -0.3 is 19.9 Å². The highest BCUT2D eigenvalue weighted by Gasteiger charge is 2.22. The molecule has 1 aliphatic heterocycles. The second-order valence-corrected chi connectivity index (χ2v) is 3.47. The molecule has 0 fully saturated rings. The quantitative estimate of drug-likeness (QED) is 0.831. The van der Waals surface area contributed by atoms with E-state index in [1.807, 2.05) is 12.1 Å². The Balaban J connectivity index is 0.00000144. The molecule has 1 aromatic carbocycles. The fourth-order valence-electron chi connectivity index (χ4n) is 1.62. The van der Waals surface area contributed by atoms with E-state index in [4.69, 9.17) is 15.2 Å². The summed E-state index contributed by atoms with van der Waals surface area (Å²) in [5.41, 5.74) is 6.67. The summed E-state index contributed by atoms with van der Waals surface area (Å²) in [5.74, 6) is 0.945. The first-order valence-corrected chi connectivity index (χ1v) is 4.93. The maximum Gasteiger partial charge on any atom is 0.307 e. The Morgan fingerprint density at radius 1 is 1.53 bits per heavy atom. The lowest BCUT2D eigenvalue weighted by molar-refractivity contribution is -0.141. The SMILES string of the molecule is COC(=O)C[C@H](N)c1cccc2c1OCO2.Cl. The van der Waals surface area contributed by atoms with E-state index in [9.17, 15) is 4.79 Å². The van der Waals surface area contributed by atoms with Crippen LogP contribution >= 0.6 is 12.4 Å². The van der Waals surface area contributed by atoms with Gasteiger partial charge in [-0.25, -0.2) is 0 Å². The second-order valence-electron chi connectivity index (χ2n) is 3.47. The molecule has 2 rings (SSSR count). The van der Waals surface area contributed by atoms with Crippen molar-refractivity contribution < 1.29 is 19.0 Å². The molecule has 0 radical (unpaired) electrons. The first-order valence-electron chi connectivity index (χ1n) is 4.93. The predicted molar refractivity (Wildman–Crippen MR) is 63.4 cm³/mol. The minimum Gasteiger partial charge on any atom is -0.469 e. The van der Waals surface area contributed by atoms with Crippen molar-refractivity contribution in [2.75, 3.05) is 13.9 Å². The molecule has 94 valence electrons.